The van der Waals surface area contributed by atoms with E-state index < -0.39 is 0 Å². The number of carbonyl (C=O) groups excluding carboxylic acids is 1. The summed E-state index contributed by atoms with van der Waals surface area (Å²) >= 11 is 1.79. The topological polar surface area (TPSA) is 35.9 Å². The minimum absolute atomic E-state index is 0.315. The zero-order chi connectivity index (χ0) is 20.8. The van der Waals surface area contributed by atoms with Gasteiger partial charge in [-0.1, -0.05) is 74.7 Å². The molecule has 158 valence electrons. The summed E-state index contributed by atoms with van der Waals surface area (Å²) < 4.78 is 0. The van der Waals surface area contributed by atoms with Crippen molar-refractivity contribution in [1.82, 2.24) is 9.80 Å². The third kappa shape index (κ3) is 4.89. The van der Waals surface area contributed by atoms with Crippen LogP contribution in [-0.2, 0) is 4.79 Å². The van der Waals surface area contributed by atoms with Crippen LogP contribution < -0.4 is 0 Å². The lowest BCUT2D eigenvalue weighted by molar-refractivity contribution is -0.132. The highest BCUT2D eigenvalue weighted by molar-refractivity contribution is 7.99. The smallest absolute Gasteiger partial charge is 0.222 e. The number of benzene rings is 2. The van der Waals surface area contributed by atoms with Gasteiger partial charge in [0, 0.05) is 48.0 Å². The zero-order valence-electron chi connectivity index (χ0n) is 17.8. The van der Waals surface area contributed by atoms with Gasteiger partial charge < -0.3 is 9.80 Å². The quantitative estimate of drug-likeness (QED) is 0.559. The van der Waals surface area contributed by atoms with Crippen LogP contribution in [0.3, 0.4) is 0 Å². The number of rotatable bonds is 6. The number of amidine groups is 1. The molecule has 0 unspecified atom stereocenters. The fraction of sp³-hybridized carbons (Fsp3) is 0.440. The van der Waals surface area contributed by atoms with Gasteiger partial charge in [0.25, 0.3) is 0 Å². The van der Waals surface area contributed by atoms with Crippen molar-refractivity contribution in [3.8, 4) is 0 Å². The third-order valence-corrected chi connectivity index (χ3v) is 7.01. The molecule has 0 atom stereocenters. The Labute approximate surface area is 184 Å². The maximum absolute atomic E-state index is 12.6. The molecule has 0 spiro atoms. The van der Waals surface area contributed by atoms with E-state index >= 15 is 0 Å². The summed E-state index contributed by atoms with van der Waals surface area (Å²) in [5.41, 5.74) is 2.22. The summed E-state index contributed by atoms with van der Waals surface area (Å²) in [7, 11) is 0. The molecule has 0 radical (unpaired) electrons. The number of hydrogen-bond donors (Lipinski definition) is 0. The second kappa shape index (κ2) is 10.2. The Bertz CT molecular complexity index is 903. The van der Waals surface area contributed by atoms with Crippen molar-refractivity contribution in [2.24, 2.45) is 4.99 Å². The van der Waals surface area contributed by atoms with Crippen LogP contribution in [0.5, 0.6) is 0 Å². The minimum atomic E-state index is 0.315. The van der Waals surface area contributed by atoms with E-state index in [0.29, 0.717) is 12.3 Å². The molecule has 2 aliphatic heterocycles. The van der Waals surface area contributed by atoms with Crippen LogP contribution in [0, 0.1) is 0 Å². The van der Waals surface area contributed by atoms with Crippen LogP contribution in [0.15, 0.2) is 63.3 Å². The largest absolute Gasteiger partial charge is 0.353 e. The molecule has 2 aromatic carbocycles. The van der Waals surface area contributed by atoms with E-state index in [-0.39, 0.29) is 0 Å². The van der Waals surface area contributed by atoms with Gasteiger partial charge in [-0.05, 0) is 24.6 Å². The predicted octanol–water partition coefficient (Wildman–Crippen LogP) is 5.73. The molecular weight excluding hydrogens is 390 g/mol. The molecule has 2 heterocycles. The van der Waals surface area contributed by atoms with Crippen molar-refractivity contribution in [3.63, 3.8) is 0 Å². The van der Waals surface area contributed by atoms with Crippen LogP contribution in [0.25, 0.3) is 0 Å². The number of para-hydroxylation sites is 1. The molecule has 4 rings (SSSR count). The fourth-order valence-corrected chi connectivity index (χ4v) is 5.13. The van der Waals surface area contributed by atoms with Crippen molar-refractivity contribution >= 4 is 29.2 Å². The molecular formula is C25H31N3OS. The summed E-state index contributed by atoms with van der Waals surface area (Å²) in [5.74, 6) is 1.35. The Hall–Kier alpha value is -2.27. The molecule has 1 amide bonds. The highest BCUT2D eigenvalue weighted by atomic mass is 32.2. The Balaban J connectivity index is 1.43. The molecule has 30 heavy (non-hydrogen) atoms. The van der Waals surface area contributed by atoms with Crippen LogP contribution in [0.4, 0.5) is 5.69 Å². The maximum atomic E-state index is 12.6. The standard InChI is InChI=1S/C25H31N3OS/c1-2-3-4-5-6-15-24(29)27-16-18-28(19-17-27)25-20-11-7-9-13-22(20)30-23-14-10-8-12-21(23)26-25/h7-14H,2-6,15-19H2,1H3. The third-order valence-electron chi connectivity index (χ3n) is 5.87. The number of fused-ring (bicyclic) bond motifs is 2. The summed E-state index contributed by atoms with van der Waals surface area (Å²) in [5, 5.41) is 0. The first kappa shape index (κ1) is 21.0. The van der Waals surface area contributed by atoms with Crippen molar-refractivity contribution in [2.45, 2.75) is 55.2 Å². The van der Waals surface area contributed by atoms with Crippen molar-refractivity contribution < 1.29 is 4.79 Å². The van der Waals surface area contributed by atoms with E-state index in [9.17, 15) is 4.79 Å². The van der Waals surface area contributed by atoms with Crippen molar-refractivity contribution in [3.05, 3.63) is 54.1 Å². The van der Waals surface area contributed by atoms with Gasteiger partial charge in [0.15, 0.2) is 0 Å². The second-order valence-electron chi connectivity index (χ2n) is 8.03. The average molecular weight is 422 g/mol. The fourth-order valence-electron chi connectivity index (χ4n) is 4.12. The second-order valence-corrected chi connectivity index (χ2v) is 9.12. The number of nitrogens with zero attached hydrogens (tertiary/aromatic N) is 3. The lowest BCUT2D eigenvalue weighted by Gasteiger charge is -2.36. The molecule has 2 aromatic rings. The van der Waals surface area contributed by atoms with Crippen molar-refractivity contribution in [2.75, 3.05) is 26.2 Å². The molecule has 0 saturated carbocycles. The summed E-state index contributed by atoms with van der Waals surface area (Å²) in [6.45, 7) is 5.45. The van der Waals surface area contributed by atoms with E-state index in [2.05, 4.69) is 54.3 Å². The van der Waals surface area contributed by atoms with Gasteiger partial charge in [-0.2, -0.15) is 0 Å². The summed E-state index contributed by atoms with van der Waals surface area (Å²) in [4.78, 5) is 24.5. The highest BCUT2D eigenvalue weighted by Crippen LogP contribution is 2.40. The van der Waals surface area contributed by atoms with E-state index in [0.717, 1.165) is 44.1 Å². The molecule has 1 saturated heterocycles. The van der Waals surface area contributed by atoms with E-state index in [4.69, 9.17) is 4.99 Å². The van der Waals surface area contributed by atoms with Crippen LogP contribution in [0.1, 0.15) is 51.0 Å². The Morgan fingerprint density at radius 2 is 1.60 bits per heavy atom. The van der Waals surface area contributed by atoms with Crippen molar-refractivity contribution in [1.29, 1.82) is 0 Å². The molecule has 0 N–H and O–H groups in total. The number of piperazine rings is 1. The van der Waals surface area contributed by atoms with Gasteiger partial charge >= 0.3 is 0 Å². The first-order chi connectivity index (χ1) is 14.8. The minimum Gasteiger partial charge on any atom is -0.353 e. The predicted molar refractivity (Wildman–Crippen MR) is 125 cm³/mol. The number of amides is 1. The molecule has 0 aliphatic carbocycles. The van der Waals surface area contributed by atoms with Gasteiger partial charge in [0.1, 0.15) is 5.84 Å². The lowest BCUT2D eigenvalue weighted by atomic mass is 10.1. The number of hydrogen-bond acceptors (Lipinski definition) is 4. The normalized spacial score (nSPS) is 15.8. The monoisotopic (exact) mass is 421 g/mol. The van der Waals surface area contributed by atoms with E-state index in [1.807, 2.05) is 11.0 Å². The van der Waals surface area contributed by atoms with E-state index in [1.54, 1.807) is 11.8 Å². The van der Waals surface area contributed by atoms with Crippen LogP contribution in [-0.4, -0.2) is 47.7 Å². The van der Waals surface area contributed by atoms with Gasteiger partial charge in [-0.25, -0.2) is 4.99 Å². The SMILES string of the molecule is CCCCCCCC(=O)N1CCN(C2=Nc3ccccc3Sc3ccccc32)CC1. The molecule has 0 bridgehead atoms. The Kier molecular flexibility index (Phi) is 7.11. The average Bonchev–Trinajstić information content (AvgIpc) is 2.95. The zero-order valence-corrected chi connectivity index (χ0v) is 18.7. The van der Waals surface area contributed by atoms with Crippen LogP contribution in [0.2, 0.25) is 0 Å². The van der Waals surface area contributed by atoms with Gasteiger partial charge in [0.05, 0.1) is 5.69 Å². The van der Waals surface area contributed by atoms with Crippen LogP contribution >= 0.6 is 11.8 Å². The number of aliphatic imine (C=N–C) groups is 1. The molecule has 4 nitrogen and oxygen atoms in total. The first-order valence-electron chi connectivity index (χ1n) is 11.2. The van der Waals surface area contributed by atoms with Gasteiger partial charge in [-0.3, -0.25) is 4.79 Å². The molecule has 0 aromatic heterocycles. The molecule has 1 fully saturated rings. The summed E-state index contributed by atoms with van der Waals surface area (Å²) in [6, 6.07) is 16.9. The maximum Gasteiger partial charge on any atom is 0.222 e. The first-order valence-corrected chi connectivity index (χ1v) is 12.1. The van der Waals surface area contributed by atoms with Gasteiger partial charge in [0.2, 0.25) is 5.91 Å². The summed E-state index contributed by atoms with van der Waals surface area (Å²) in [6.07, 6.45) is 6.65. The molecule has 5 heteroatoms. The van der Waals surface area contributed by atoms with Gasteiger partial charge in [-0.15, -0.1) is 0 Å². The Morgan fingerprint density at radius 3 is 2.40 bits per heavy atom. The number of carbonyl (C=O) groups is 1. The lowest BCUT2D eigenvalue weighted by Crippen LogP contribution is -2.50. The highest BCUT2D eigenvalue weighted by Gasteiger charge is 2.26. The van der Waals surface area contributed by atoms with E-state index in [1.165, 1.54) is 41.0 Å². The Morgan fingerprint density at radius 1 is 0.900 bits per heavy atom. The molecule has 2 aliphatic rings. The number of unbranched alkanes of at least 4 members (excludes halogenated alkanes) is 4.